The second-order valence-electron chi connectivity index (χ2n) is 5.06. The zero-order valence-corrected chi connectivity index (χ0v) is 14.9. The first-order chi connectivity index (χ1) is 11.5. The highest BCUT2D eigenvalue weighted by Gasteiger charge is 2.13. The van der Waals surface area contributed by atoms with E-state index in [4.69, 9.17) is 16.4 Å². The van der Waals surface area contributed by atoms with Crippen molar-refractivity contribution in [3.63, 3.8) is 0 Å². The zero-order valence-electron chi connectivity index (χ0n) is 13.3. The molecule has 0 aliphatic carbocycles. The fourth-order valence-electron chi connectivity index (χ4n) is 2.04. The topological polar surface area (TPSA) is 73.2 Å². The van der Waals surface area contributed by atoms with Gasteiger partial charge in [0.2, 0.25) is 0 Å². The van der Waals surface area contributed by atoms with Crippen molar-refractivity contribution < 1.29 is 4.84 Å². The van der Waals surface area contributed by atoms with E-state index in [9.17, 15) is 0 Å². The van der Waals surface area contributed by atoms with E-state index in [-0.39, 0.29) is 6.01 Å². The van der Waals surface area contributed by atoms with Crippen molar-refractivity contribution in [1.29, 1.82) is 0 Å². The molecule has 0 atom stereocenters. The Labute approximate surface area is 148 Å². The van der Waals surface area contributed by atoms with Gasteiger partial charge in [-0.2, -0.15) is 9.97 Å². The fourth-order valence-corrected chi connectivity index (χ4v) is 3.26. The number of aromatic nitrogens is 4. The number of rotatable bonds is 4. The lowest BCUT2D eigenvalue weighted by molar-refractivity contribution is 0.312. The van der Waals surface area contributed by atoms with E-state index in [2.05, 4.69) is 25.1 Å². The highest BCUT2D eigenvalue weighted by atomic mass is 35.5. The molecular weight excluding hydrogens is 346 g/mol. The molecule has 0 fully saturated rings. The number of hydrogen-bond donors (Lipinski definition) is 0. The molecule has 0 unspecified atom stereocenters. The summed E-state index contributed by atoms with van der Waals surface area (Å²) in [5.74, 6) is 0. The van der Waals surface area contributed by atoms with Crippen LogP contribution >= 0.6 is 22.9 Å². The van der Waals surface area contributed by atoms with Crippen molar-refractivity contribution in [3.8, 4) is 16.6 Å². The van der Waals surface area contributed by atoms with Gasteiger partial charge < -0.3 is 4.84 Å². The minimum absolute atomic E-state index is 0.119. The first kappa shape index (κ1) is 16.5. The van der Waals surface area contributed by atoms with Crippen LogP contribution in [0.1, 0.15) is 23.2 Å². The molecule has 0 aliphatic rings. The number of oxime groups is 1. The summed E-state index contributed by atoms with van der Waals surface area (Å²) in [4.78, 5) is 23.0. The largest absolute Gasteiger partial charge is 0.347 e. The normalized spacial score (nSPS) is 11.6. The van der Waals surface area contributed by atoms with Gasteiger partial charge in [-0.1, -0.05) is 16.8 Å². The lowest BCUT2D eigenvalue weighted by Crippen LogP contribution is -2.00. The summed E-state index contributed by atoms with van der Waals surface area (Å²) in [5.41, 5.74) is 3.26. The van der Waals surface area contributed by atoms with Gasteiger partial charge in [-0.05, 0) is 39.0 Å². The summed E-state index contributed by atoms with van der Waals surface area (Å²) in [5, 5.41) is 5.31. The van der Waals surface area contributed by atoms with Crippen molar-refractivity contribution in [2.75, 3.05) is 0 Å². The van der Waals surface area contributed by atoms with E-state index in [1.807, 2.05) is 32.9 Å². The van der Waals surface area contributed by atoms with Gasteiger partial charge in [0.15, 0.2) is 0 Å². The molecule has 0 radical (unpaired) electrons. The molecule has 0 bridgehead atoms. The van der Waals surface area contributed by atoms with Gasteiger partial charge in [-0.15, -0.1) is 11.3 Å². The predicted molar refractivity (Wildman–Crippen MR) is 94.7 cm³/mol. The number of pyridine rings is 1. The van der Waals surface area contributed by atoms with Crippen LogP contribution in [0.4, 0.5) is 0 Å². The summed E-state index contributed by atoms with van der Waals surface area (Å²) >= 11 is 7.42. The molecule has 0 amide bonds. The molecule has 0 spiro atoms. The van der Waals surface area contributed by atoms with E-state index in [1.54, 1.807) is 18.5 Å². The third-order valence-corrected chi connectivity index (χ3v) is 4.61. The van der Waals surface area contributed by atoms with Crippen molar-refractivity contribution >= 4 is 28.6 Å². The average Bonchev–Trinajstić information content (AvgIpc) is 2.94. The first-order valence-corrected chi connectivity index (χ1v) is 8.33. The standard InChI is InChI=1S/C16H14ClN5OS/c1-9-7-13(17)21-16(19-9)23-22-11(3)14-10(2)20-15(24-14)12-5-4-6-18-8-12/h4-8H,1-3H3. The van der Waals surface area contributed by atoms with E-state index in [0.29, 0.717) is 16.6 Å². The average molecular weight is 360 g/mol. The van der Waals surface area contributed by atoms with Crippen LogP contribution in [0, 0.1) is 13.8 Å². The number of hydrogen-bond acceptors (Lipinski definition) is 7. The van der Waals surface area contributed by atoms with E-state index >= 15 is 0 Å². The van der Waals surface area contributed by atoms with Crippen LogP contribution in [0.5, 0.6) is 6.01 Å². The van der Waals surface area contributed by atoms with Crippen LogP contribution in [0.3, 0.4) is 0 Å². The molecule has 3 aromatic heterocycles. The molecule has 0 aliphatic heterocycles. The molecule has 3 rings (SSSR count). The lowest BCUT2D eigenvalue weighted by Gasteiger charge is -2.00. The van der Waals surface area contributed by atoms with Crippen LogP contribution in [-0.4, -0.2) is 25.6 Å². The second-order valence-corrected chi connectivity index (χ2v) is 6.44. The van der Waals surface area contributed by atoms with E-state index in [0.717, 1.165) is 21.1 Å². The maximum Gasteiger partial charge on any atom is 0.347 e. The predicted octanol–water partition coefficient (Wildman–Crippen LogP) is 4.07. The van der Waals surface area contributed by atoms with Gasteiger partial charge in [-0.3, -0.25) is 4.98 Å². The highest BCUT2D eigenvalue weighted by molar-refractivity contribution is 7.17. The van der Waals surface area contributed by atoms with Gasteiger partial charge >= 0.3 is 6.01 Å². The SMILES string of the molecule is CC(=NOc1nc(C)cc(Cl)n1)c1sc(-c2cccnc2)nc1C. The summed E-state index contributed by atoms with van der Waals surface area (Å²) in [6, 6.07) is 5.63. The molecule has 3 aromatic rings. The Morgan fingerprint density at radius 1 is 1.25 bits per heavy atom. The number of aryl methyl sites for hydroxylation is 2. The minimum Gasteiger partial charge on any atom is -0.315 e. The van der Waals surface area contributed by atoms with Crippen LogP contribution in [0.2, 0.25) is 5.15 Å². The van der Waals surface area contributed by atoms with Gasteiger partial charge in [-0.25, -0.2) is 4.98 Å². The van der Waals surface area contributed by atoms with Gasteiger partial charge in [0.25, 0.3) is 0 Å². The van der Waals surface area contributed by atoms with Crippen LogP contribution in [-0.2, 0) is 0 Å². The Morgan fingerprint density at radius 3 is 2.79 bits per heavy atom. The maximum atomic E-state index is 5.89. The zero-order chi connectivity index (χ0) is 17.1. The first-order valence-electron chi connectivity index (χ1n) is 7.14. The third-order valence-electron chi connectivity index (χ3n) is 3.10. The number of halogens is 1. The summed E-state index contributed by atoms with van der Waals surface area (Å²) in [6.45, 7) is 5.60. The fraction of sp³-hybridized carbons (Fsp3) is 0.188. The maximum absolute atomic E-state index is 5.89. The Hall–Kier alpha value is -2.38. The van der Waals surface area contributed by atoms with Gasteiger partial charge in [0.1, 0.15) is 10.2 Å². The monoisotopic (exact) mass is 359 g/mol. The van der Waals surface area contributed by atoms with Crippen molar-refractivity contribution in [2.45, 2.75) is 20.8 Å². The summed E-state index contributed by atoms with van der Waals surface area (Å²) < 4.78 is 0. The van der Waals surface area contributed by atoms with Crippen LogP contribution < -0.4 is 4.84 Å². The molecule has 0 N–H and O–H groups in total. The molecule has 24 heavy (non-hydrogen) atoms. The molecule has 0 saturated heterocycles. The molecule has 0 aromatic carbocycles. The Balaban J connectivity index is 1.84. The molecule has 3 heterocycles. The van der Waals surface area contributed by atoms with Gasteiger partial charge in [0, 0.05) is 23.7 Å². The Bertz CT molecular complexity index is 874. The smallest absolute Gasteiger partial charge is 0.315 e. The Morgan fingerprint density at radius 2 is 2.08 bits per heavy atom. The molecular formula is C16H14ClN5OS. The quantitative estimate of drug-likeness (QED) is 0.399. The highest BCUT2D eigenvalue weighted by Crippen LogP contribution is 2.27. The van der Waals surface area contributed by atoms with Crippen LogP contribution in [0.15, 0.2) is 35.7 Å². The van der Waals surface area contributed by atoms with Crippen LogP contribution in [0.25, 0.3) is 10.6 Å². The van der Waals surface area contributed by atoms with E-state index < -0.39 is 0 Å². The summed E-state index contributed by atoms with van der Waals surface area (Å²) in [6.07, 6.45) is 3.52. The molecule has 8 heteroatoms. The van der Waals surface area contributed by atoms with Crippen molar-refractivity contribution in [3.05, 3.63) is 52.0 Å². The van der Waals surface area contributed by atoms with Crippen molar-refractivity contribution in [2.24, 2.45) is 5.16 Å². The second kappa shape index (κ2) is 7.02. The number of thiazole rings is 1. The van der Waals surface area contributed by atoms with Crippen molar-refractivity contribution in [1.82, 2.24) is 19.9 Å². The Kier molecular flexibility index (Phi) is 4.82. The van der Waals surface area contributed by atoms with Gasteiger partial charge in [0.05, 0.1) is 16.3 Å². The molecule has 0 saturated carbocycles. The number of nitrogens with zero attached hydrogens (tertiary/aromatic N) is 5. The molecule has 6 nitrogen and oxygen atoms in total. The lowest BCUT2D eigenvalue weighted by atomic mass is 10.3. The molecule has 122 valence electrons. The minimum atomic E-state index is 0.119. The third kappa shape index (κ3) is 3.74. The van der Waals surface area contributed by atoms with E-state index in [1.165, 1.54) is 11.3 Å². The summed E-state index contributed by atoms with van der Waals surface area (Å²) in [7, 11) is 0.